The average molecular weight is 606 g/mol. The van der Waals surface area contributed by atoms with Crippen molar-refractivity contribution < 1.29 is 8.42 Å². The number of rotatable bonds is 4. The topological polar surface area (TPSA) is 59.9 Å². The lowest BCUT2D eigenvalue weighted by atomic mass is 9.86. The molecule has 0 radical (unpaired) electrons. The summed E-state index contributed by atoms with van der Waals surface area (Å²) in [7, 11) is -4.53. The Morgan fingerprint density at radius 1 is 0.947 bits per heavy atom. The van der Waals surface area contributed by atoms with E-state index >= 15 is 0 Å². The number of halogens is 1. The van der Waals surface area contributed by atoms with Gasteiger partial charge in [-0.3, -0.25) is 9.97 Å². The number of nitrogens with zero attached hydrogens (tertiary/aromatic N) is 2. The normalized spacial score (nSPS) is 15.7. The van der Waals surface area contributed by atoms with Crippen LogP contribution in [0.3, 0.4) is 0 Å². The molecule has 38 heavy (non-hydrogen) atoms. The molecule has 2 aromatic heterocycles. The minimum Gasteiger partial charge on any atom is -0.262 e. The van der Waals surface area contributed by atoms with Crippen LogP contribution in [0.4, 0.5) is 0 Å². The number of pyridine rings is 2. The van der Waals surface area contributed by atoms with Gasteiger partial charge in [0, 0.05) is 41.5 Å². The van der Waals surface area contributed by atoms with E-state index in [1.807, 2.05) is 18.2 Å². The smallest absolute Gasteiger partial charge is 0.157 e. The molecule has 0 fully saturated rings. The van der Waals surface area contributed by atoms with Crippen LogP contribution in [0.25, 0.3) is 32.4 Å². The predicted octanol–water partition coefficient (Wildman–Crippen LogP) is 8.52. The molecule has 0 amide bonds. The van der Waals surface area contributed by atoms with Crippen molar-refractivity contribution in [3.63, 3.8) is 0 Å². The fourth-order valence-electron chi connectivity index (χ4n) is 5.31. The van der Waals surface area contributed by atoms with E-state index in [1.54, 1.807) is 18.6 Å². The second-order valence-corrected chi connectivity index (χ2v) is 20.0. The number of sulfone groups is 1. The van der Waals surface area contributed by atoms with Crippen molar-refractivity contribution in [3.05, 3.63) is 94.9 Å². The summed E-state index contributed by atoms with van der Waals surface area (Å²) in [6.07, 6.45) is 7.92. The predicted molar refractivity (Wildman–Crippen MR) is 166 cm³/mol. The van der Waals surface area contributed by atoms with E-state index in [0.717, 1.165) is 46.2 Å². The fourth-order valence-corrected chi connectivity index (χ4v) is 11.0. The molecule has 0 saturated heterocycles. The number of hydrogen-bond acceptors (Lipinski definition) is 4. The molecule has 0 N–H and O–H groups in total. The van der Waals surface area contributed by atoms with E-state index < -0.39 is 17.9 Å². The molecule has 0 aliphatic heterocycles. The van der Waals surface area contributed by atoms with Crippen molar-refractivity contribution in [2.45, 2.75) is 50.2 Å². The summed E-state index contributed by atoms with van der Waals surface area (Å²) in [5.74, 6) is 0.323. The summed E-state index contributed by atoms with van der Waals surface area (Å²) >= 11 is 3.78. The van der Waals surface area contributed by atoms with Gasteiger partial charge in [-0.05, 0) is 70.8 Å². The van der Waals surface area contributed by atoms with E-state index in [-0.39, 0.29) is 5.25 Å². The first-order valence-electron chi connectivity index (χ1n) is 13.1. The zero-order chi connectivity index (χ0) is 26.9. The molecule has 2 heterocycles. The van der Waals surface area contributed by atoms with Crippen molar-refractivity contribution in [2.75, 3.05) is 5.75 Å². The maximum atomic E-state index is 13.2. The molecular formula is C31H33BrN2O2SSi. The minimum absolute atomic E-state index is 0.323. The lowest BCUT2D eigenvalue weighted by Crippen LogP contribution is -2.27. The number of aromatic nitrogens is 2. The molecule has 0 spiro atoms. The van der Waals surface area contributed by atoms with Crippen LogP contribution in [0.15, 0.2) is 83.7 Å². The van der Waals surface area contributed by atoms with Crippen molar-refractivity contribution in [3.8, 4) is 0 Å². The molecule has 4 nitrogen and oxygen atoms in total. The third-order valence-electron chi connectivity index (χ3n) is 7.34. The molecule has 1 atom stereocenters. The van der Waals surface area contributed by atoms with Gasteiger partial charge in [0.1, 0.15) is 0 Å². The Labute approximate surface area is 234 Å². The molecule has 7 heteroatoms. The van der Waals surface area contributed by atoms with Gasteiger partial charge in [-0.1, -0.05) is 78.0 Å². The summed E-state index contributed by atoms with van der Waals surface area (Å²) in [6, 6.07) is 21.5. The zero-order valence-electron chi connectivity index (χ0n) is 22.1. The van der Waals surface area contributed by atoms with Gasteiger partial charge in [0.15, 0.2) is 9.84 Å². The summed E-state index contributed by atoms with van der Waals surface area (Å²) in [5, 5.41) is 5.63. The third-order valence-corrected chi connectivity index (χ3v) is 12.2. The maximum absolute atomic E-state index is 13.2. The molecule has 196 valence electrons. The van der Waals surface area contributed by atoms with Crippen molar-refractivity contribution in [1.82, 2.24) is 9.97 Å². The molecule has 5 aromatic rings. The Balaban J connectivity index is 0.000000244. The summed E-state index contributed by atoms with van der Waals surface area (Å²) in [5.41, 5.74) is 3.21. The van der Waals surface area contributed by atoms with E-state index in [1.165, 1.54) is 27.1 Å². The second kappa shape index (κ2) is 10.9. The van der Waals surface area contributed by atoms with Gasteiger partial charge in [-0.25, -0.2) is 8.42 Å². The lowest BCUT2D eigenvalue weighted by molar-refractivity contribution is 0.562. The lowest BCUT2D eigenvalue weighted by Gasteiger charge is -2.28. The van der Waals surface area contributed by atoms with Gasteiger partial charge in [0.25, 0.3) is 0 Å². The molecule has 1 aliphatic rings. The molecule has 1 unspecified atom stereocenters. The van der Waals surface area contributed by atoms with Crippen LogP contribution in [0.5, 0.6) is 0 Å². The molecule has 0 saturated carbocycles. The Morgan fingerprint density at radius 3 is 2.53 bits per heavy atom. The first-order chi connectivity index (χ1) is 18.1. The van der Waals surface area contributed by atoms with Crippen LogP contribution in [0.2, 0.25) is 25.7 Å². The number of hydrogen-bond donors (Lipinski definition) is 0. The van der Waals surface area contributed by atoms with Gasteiger partial charge in [0.05, 0.1) is 17.0 Å². The van der Waals surface area contributed by atoms with E-state index in [9.17, 15) is 8.42 Å². The van der Waals surface area contributed by atoms with E-state index in [0.29, 0.717) is 5.75 Å². The highest BCUT2D eigenvalue weighted by atomic mass is 79.9. The summed E-state index contributed by atoms with van der Waals surface area (Å²) in [6.45, 7) is 6.73. The maximum Gasteiger partial charge on any atom is 0.157 e. The van der Waals surface area contributed by atoms with Gasteiger partial charge in [0.2, 0.25) is 0 Å². The van der Waals surface area contributed by atoms with Gasteiger partial charge < -0.3 is 0 Å². The van der Waals surface area contributed by atoms with Crippen molar-refractivity contribution in [1.29, 1.82) is 0 Å². The summed E-state index contributed by atoms with van der Waals surface area (Å²) < 4.78 is 27.5. The average Bonchev–Trinajstić information content (AvgIpc) is 2.91. The largest absolute Gasteiger partial charge is 0.262 e. The highest BCUT2D eigenvalue weighted by Gasteiger charge is 2.33. The van der Waals surface area contributed by atoms with Crippen LogP contribution in [-0.2, 0) is 16.3 Å². The highest BCUT2D eigenvalue weighted by molar-refractivity contribution is 9.10. The Hall–Kier alpha value is -2.61. The zero-order valence-corrected chi connectivity index (χ0v) is 25.5. The van der Waals surface area contributed by atoms with Crippen LogP contribution in [0, 0.1) is 0 Å². The monoisotopic (exact) mass is 604 g/mol. The standard InChI is InChI=1S/C23H27BrO2SSi.C8H6N2/c1-28(2,3)14-13-27(25,26)22-10-6-9-19-18(22)11-12-20-17-8-5-4-7-16(17)15-21(24)23(19)20;1-2-7-3-5-9-6-8(7)10-4-1/h4-5,7-8,11-12,15,22H,6,9-10,13-14H2,1-3H3;1-6H. The SMILES string of the molecule is C[Si](C)(C)CCS(=O)(=O)C1CCCc2c1ccc1c2c(Br)cc2ccccc21.c1cnc2cnccc2c1. The Kier molecular flexibility index (Phi) is 7.71. The summed E-state index contributed by atoms with van der Waals surface area (Å²) in [4.78, 5) is 8.07. The number of aryl methyl sites for hydroxylation is 1. The third kappa shape index (κ3) is 5.70. The van der Waals surface area contributed by atoms with E-state index in [4.69, 9.17) is 0 Å². The van der Waals surface area contributed by atoms with Gasteiger partial charge >= 0.3 is 0 Å². The quantitative estimate of drug-likeness (QED) is 0.152. The van der Waals surface area contributed by atoms with Crippen molar-refractivity contribution >= 4 is 66.3 Å². The van der Waals surface area contributed by atoms with Crippen molar-refractivity contribution in [2.24, 2.45) is 0 Å². The van der Waals surface area contributed by atoms with E-state index in [2.05, 4.69) is 88.0 Å². The fraction of sp³-hybridized carbons (Fsp3) is 0.290. The minimum atomic E-state index is -3.13. The van der Waals surface area contributed by atoms with Crippen LogP contribution in [0.1, 0.15) is 29.2 Å². The first-order valence-corrected chi connectivity index (χ1v) is 19.3. The second-order valence-electron chi connectivity index (χ2n) is 11.3. The molecule has 3 aromatic carbocycles. The first kappa shape index (κ1) is 27.0. The van der Waals surface area contributed by atoms with Crippen LogP contribution >= 0.6 is 15.9 Å². The molecule has 0 bridgehead atoms. The van der Waals surface area contributed by atoms with Crippen LogP contribution in [-0.4, -0.2) is 32.2 Å². The molecule has 1 aliphatic carbocycles. The number of benzene rings is 3. The number of fused-ring (bicyclic) bond motifs is 6. The molecular weight excluding hydrogens is 572 g/mol. The highest BCUT2D eigenvalue weighted by Crippen LogP contribution is 2.43. The Morgan fingerprint density at radius 2 is 1.74 bits per heavy atom. The van der Waals surface area contributed by atoms with Gasteiger partial charge in [-0.15, -0.1) is 0 Å². The van der Waals surface area contributed by atoms with Crippen LogP contribution < -0.4 is 0 Å². The molecule has 6 rings (SSSR count). The Bertz CT molecular complexity index is 1670. The van der Waals surface area contributed by atoms with Gasteiger partial charge in [-0.2, -0.15) is 0 Å².